The van der Waals surface area contributed by atoms with Crippen LogP contribution in [0.15, 0.2) is 91.0 Å². The Bertz CT molecular complexity index is 529. The summed E-state index contributed by atoms with van der Waals surface area (Å²) < 4.78 is 0. The quantitative estimate of drug-likeness (QED) is 0.532. The molecule has 20 heavy (non-hydrogen) atoms. The van der Waals surface area contributed by atoms with Gasteiger partial charge in [0.15, 0.2) is 0 Å². The first-order valence-corrected chi connectivity index (χ1v) is 7.74. The van der Waals surface area contributed by atoms with Crippen molar-refractivity contribution in [1.82, 2.24) is 0 Å². The number of hydrogen-bond donors (Lipinski definition) is 0. The fourth-order valence-electron chi connectivity index (χ4n) is 2.18. The largest absolute Gasteiger partial charge is 0.0622 e. The third-order valence-electron chi connectivity index (χ3n) is 3.04. The Hall–Kier alpha value is -1.26. The molecule has 0 spiro atoms. The van der Waals surface area contributed by atoms with Gasteiger partial charge in [0.2, 0.25) is 0 Å². The average molecular weight is 455 g/mol. The zero-order valence-electron chi connectivity index (χ0n) is 10.9. The molecule has 0 nitrogen and oxygen atoms in total. The molecule has 2 heteroatoms. The second-order valence-corrected chi connectivity index (χ2v) is 6.56. The molecule has 0 N–H and O–H groups in total. The summed E-state index contributed by atoms with van der Waals surface area (Å²) in [5.74, 6) is 0. The summed E-state index contributed by atoms with van der Waals surface area (Å²) in [6.07, 6.45) is 0. The van der Waals surface area contributed by atoms with Crippen molar-refractivity contribution < 1.29 is 20.1 Å². The monoisotopic (exact) mass is 455 g/mol. The van der Waals surface area contributed by atoms with Crippen molar-refractivity contribution in [3.63, 3.8) is 0 Å². The van der Waals surface area contributed by atoms with Crippen LogP contribution in [0.5, 0.6) is 0 Å². The van der Waals surface area contributed by atoms with Gasteiger partial charge in [0.05, 0.1) is 0 Å². The zero-order chi connectivity index (χ0) is 12.9. The predicted octanol–water partition coefficient (Wildman–Crippen LogP) is 3.44. The van der Waals surface area contributed by atoms with Gasteiger partial charge in [0.25, 0.3) is 0 Å². The molecule has 0 amide bonds. The van der Waals surface area contributed by atoms with Gasteiger partial charge in [-0.3, -0.25) is 0 Å². The van der Waals surface area contributed by atoms with Crippen molar-refractivity contribution in [2.24, 2.45) is 0 Å². The van der Waals surface area contributed by atoms with Crippen molar-refractivity contribution in [3.05, 3.63) is 91.0 Å². The summed E-state index contributed by atoms with van der Waals surface area (Å²) in [5, 5.41) is 4.19. The van der Waals surface area contributed by atoms with Gasteiger partial charge >= 0.3 is 0 Å². The molecule has 1 radical (unpaired) electrons. The van der Waals surface area contributed by atoms with Crippen LogP contribution in [0, 0.1) is 0 Å². The Morgan fingerprint density at radius 1 is 0.400 bits per heavy atom. The molecule has 3 aromatic carbocycles. The van der Waals surface area contributed by atoms with Gasteiger partial charge in [0.1, 0.15) is 0 Å². The maximum Gasteiger partial charge on any atom is 0 e. The first-order chi connectivity index (χ1) is 9.45. The molecular formula is C18H15IrP. The van der Waals surface area contributed by atoms with Crippen LogP contribution in [0.4, 0.5) is 0 Å². The van der Waals surface area contributed by atoms with Crippen molar-refractivity contribution >= 4 is 23.8 Å². The second-order valence-electron chi connectivity index (χ2n) is 4.34. The average Bonchev–Trinajstić information content (AvgIpc) is 2.51. The van der Waals surface area contributed by atoms with E-state index in [9.17, 15) is 0 Å². The SMILES string of the molecule is [Ir].c1ccc(P(c2ccccc2)c2ccccc2)cc1. The Morgan fingerprint density at radius 3 is 0.900 bits per heavy atom. The summed E-state index contributed by atoms with van der Waals surface area (Å²) in [4.78, 5) is 0. The van der Waals surface area contributed by atoms with Crippen LogP contribution in [0.2, 0.25) is 0 Å². The molecule has 3 rings (SSSR count). The maximum absolute atomic E-state index is 2.23. The molecule has 0 aliphatic heterocycles. The Labute approximate surface area is 135 Å². The topological polar surface area (TPSA) is 0 Å². The molecule has 0 aromatic heterocycles. The van der Waals surface area contributed by atoms with Crippen molar-refractivity contribution in [2.75, 3.05) is 0 Å². The molecule has 101 valence electrons. The minimum absolute atomic E-state index is 0. The van der Waals surface area contributed by atoms with Crippen LogP contribution in [0.3, 0.4) is 0 Å². The van der Waals surface area contributed by atoms with Gasteiger partial charge < -0.3 is 0 Å². The van der Waals surface area contributed by atoms with E-state index in [2.05, 4.69) is 91.0 Å². The van der Waals surface area contributed by atoms with E-state index in [1.807, 2.05) is 0 Å². The van der Waals surface area contributed by atoms with E-state index in [0.717, 1.165) is 0 Å². The number of hydrogen-bond acceptors (Lipinski definition) is 0. The Morgan fingerprint density at radius 2 is 0.650 bits per heavy atom. The normalized spacial score (nSPS) is 10.1. The molecular weight excluding hydrogens is 439 g/mol. The first-order valence-electron chi connectivity index (χ1n) is 6.40. The van der Waals surface area contributed by atoms with E-state index >= 15 is 0 Å². The second kappa shape index (κ2) is 7.50. The number of benzene rings is 3. The summed E-state index contributed by atoms with van der Waals surface area (Å²) in [6, 6.07) is 32.3. The Kier molecular flexibility index (Phi) is 5.68. The molecule has 0 saturated heterocycles. The van der Waals surface area contributed by atoms with Gasteiger partial charge in [-0.05, 0) is 23.8 Å². The van der Waals surface area contributed by atoms with Crippen molar-refractivity contribution in [3.8, 4) is 0 Å². The van der Waals surface area contributed by atoms with Gasteiger partial charge in [-0.1, -0.05) is 91.0 Å². The van der Waals surface area contributed by atoms with Crippen LogP contribution < -0.4 is 15.9 Å². The van der Waals surface area contributed by atoms with Gasteiger partial charge in [-0.25, -0.2) is 0 Å². The summed E-state index contributed by atoms with van der Waals surface area (Å²) in [6.45, 7) is 0. The molecule has 0 fully saturated rings. The minimum atomic E-state index is -0.446. The van der Waals surface area contributed by atoms with Gasteiger partial charge in [-0.2, -0.15) is 0 Å². The molecule has 0 unspecified atom stereocenters. The van der Waals surface area contributed by atoms with E-state index in [4.69, 9.17) is 0 Å². The van der Waals surface area contributed by atoms with Crippen LogP contribution in [0.1, 0.15) is 0 Å². The molecule has 0 heterocycles. The summed E-state index contributed by atoms with van der Waals surface area (Å²) in [7, 11) is -0.446. The van der Waals surface area contributed by atoms with Crippen LogP contribution >= 0.6 is 7.92 Å². The number of rotatable bonds is 3. The van der Waals surface area contributed by atoms with Crippen LogP contribution in [-0.4, -0.2) is 0 Å². The summed E-state index contributed by atoms with van der Waals surface area (Å²) >= 11 is 0. The van der Waals surface area contributed by atoms with Crippen LogP contribution in [0.25, 0.3) is 0 Å². The minimum Gasteiger partial charge on any atom is -0.0622 e. The van der Waals surface area contributed by atoms with Crippen LogP contribution in [-0.2, 0) is 20.1 Å². The van der Waals surface area contributed by atoms with Gasteiger partial charge in [0, 0.05) is 20.1 Å². The van der Waals surface area contributed by atoms with Gasteiger partial charge in [-0.15, -0.1) is 0 Å². The van der Waals surface area contributed by atoms with Crippen molar-refractivity contribution in [1.29, 1.82) is 0 Å². The molecule has 0 aliphatic rings. The first kappa shape index (κ1) is 15.1. The van der Waals surface area contributed by atoms with Crippen molar-refractivity contribution in [2.45, 2.75) is 0 Å². The molecule has 0 saturated carbocycles. The third-order valence-corrected chi connectivity index (χ3v) is 5.49. The smallest absolute Gasteiger partial charge is 0 e. The fourth-order valence-corrected chi connectivity index (χ4v) is 4.48. The van der Waals surface area contributed by atoms with E-state index in [1.165, 1.54) is 15.9 Å². The van der Waals surface area contributed by atoms with E-state index in [-0.39, 0.29) is 20.1 Å². The molecule has 0 atom stereocenters. The maximum atomic E-state index is 2.23. The van der Waals surface area contributed by atoms with E-state index < -0.39 is 7.92 Å². The standard InChI is InChI=1S/C18H15P.Ir/c1-4-10-16(11-5-1)19(17-12-6-2-7-13-17)18-14-8-3-9-15-18;/h1-15H;. The molecule has 0 bridgehead atoms. The molecule has 0 aliphatic carbocycles. The third kappa shape index (κ3) is 3.44. The van der Waals surface area contributed by atoms with E-state index in [1.54, 1.807) is 0 Å². The van der Waals surface area contributed by atoms with E-state index in [0.29, 0.717) is 0 Å². The zero-order valence-corrected chi connectivity index (χ0v) is 14.2. The summed E-state index contributed by atoms with van der Waals surface area (Å²) in [5.41, 5.74) is 0. The Balaban J connectivity index is 0.00000147. The molecule has 3 aromatic rings. The fraction of sp³-hybridized carbons (Fsp3) is 0. The predicted molar refractivity (Wildman–Crippen MR) is 85.1 cm³/mol.